The number of benzene rings is 1. The number of aryl methyl sites for hydroxylation is 1. The monoisotopic (exact) mass is 282 g/mol. The van der Waals surface area contributed by atoms with Gasteiger partial charge in [-0.05, 0) is 30.7 Å². The molecule has 0 spiro atoms. The van der Waals surface area contributed by atoms with Gasteiger partial charge in [-0.15, -0.1) is 11.3 Å². The highest BCUT2D eigenvalue weighted by molar-refractivity contribution is 7.11. The predicted molar refractivity (Wildman–Crippen MR) is 75.4 cm³/mol. The first-order valence-electron chi connectivity index (χ1n) is 5.71. The van der Waals surface area contributed by atoms with Gasteiger partial charge in [0.1, 0.15) is 5.75 Å². The molecule has 0 aliphatic heterocycles. The number of nitrogens with two attached hydrogens (primary N) is 1. The predicted octanol–water partition coefficient (Wildman–Crippen LogP) is 3.19. The molecule has 2 N–H and O–H groups in total. The van der Waals surface area contributed by atoms with Crippen molar-refractivity contribution in [2.24, 2.45) is 5.73 Å². The average Bonchev–Trinajstić information content (AvgIpc) is 2.82. The summed E-state index contributed by atoms with van der Waals surface area (Å²) >= 11 is 7.59. The highest BCUT2D eigenvalue weighted by Crippen LogP contribution is 2.21. The van der Waals surface area contributed by atoms with Gasteiger partial charge in [-0.1, -0.05) is 11.6 Å². The summed E-state index contributed by atoms with van der Waals surface area (Å²) in [7, 11) is 0. The number of aromatic nitrogens is 1. The summed E-state index contributed by atoms with van der Waals surface area (Å²) in [6.45, 7) is 3.12. The zero-order chi connectivity index (χ0) is 13.0. The van der Waals surface area contributed by atoms with E-state index < -0.39 is 0 Å². The van der Waals surface area contributed by atoms with Gasteiger partial charge in [0.05, 0.1) is 11.6 Å². The second-order valence-corrected chi connectivity index (χ2v) is 5.54. The topological polar surface area (TPSA) is 48.1 Å². The molecule has 3 nitrogen and oxygen atoms in total. The van der Waals surface area contributed by atoms with E-state index in [2.05, 4.69) is 4.98 Å². The second kappa shape index (κ2) is 6.18. The quantitative estimate of drug-likeness (QED) is 0.916. The van der Waals surface area contributed by atoms with Gasteiger partial charge in [-0.3, -0.25) is 0 Å². The Bertz CT molecular complexity index is 527. The van der Waals surface area contributed by atoms with Crippen LogP contribution in [-0.2, 0) is 13.0 Å². The van der Waals surface area contributed by atoms with E-state index in [-0.39, 0.29) is 0 Å². The maximum absolute atomic E-state index is 5.95. The fourth-order valence-electron chi connectivity index (χ4n) is 1.52. The number of rotatable bonds is 5. The first kappa shape index (κ1) is 13.3. The molecule has 0 bridgehead atoms. The Kier molecular flexibility index (Phi) is 4.58. The molecule has 5 heteroatoms. The van der Waals surface area contributed by atoms with Crippen molar-refractivity contribution in [1.29, 1.82) is 0 Å². The van der Waals surface area contributed by atoms with Crippen molar-refractivity contribution in [1.82, 2.24) is 4.98 Å². The summed E-state index contributed by atoms with van der Waals surface area (Å²) in [5.74, 6) is 0.840. The highest BCUT2D eigenvalue weighted by Gasteiger charge is 2.02. The molecule has 2 aromatic rings. The van der Waals surface area contributed by atoms with E-state index in [1.165, 1.54) is 0 Å². The Morgan fingerprint density at radius 2 is 2.28 bits per heavy atom. The summed E-state index contributed by atoms with van der Waals surface area (Å²) in [6.07, 6.45) is 2.62. The standard InChI is InChI=1S/C13H15ClN2OS/c1-9-6-10(2-3-12(9)14)17-5-4-13-16-8-11(7-15)18-13/h2-3,6,8H,4-5,7,15H2,1H3. The first-order valence-corrected chi connectivity index (χ1v) is 6.91. The van der Waals surface area contributed by atoms with E-state index in [0.717, 1.165) is 32.6 Å². The maximum Gasteiger partial charge on any atom is 0.119 e. The van der Waals surface area contributed by atoms with E-state index >= 15 is 0 Å². The number of hydrogen-bond acceptors (Lipinski definition) is 4. The molecule has 0 saturated carbocycles. The van der Waals surface area contributed by atoms with Gasteiger partial charge >= 0.3 is 0 Å². The zero-order valence-electron chi connectivity index (χ0n) is 10.1. The van der Waals surface area contributed by atoms with Crippen molar-refractivity contribution in [3.63, 3.8) is 0 Å². The molecule has 18 heavy (non-hydrogen) atoms. The minimum atomic E-state index is 0.550. The molecule has 0 saturated heterocycles. The minimum absolute atomic E-state index is 0.550. The molecular formula is C13H15ClN2OS. The van der Waals surface area contributed by atoms with Crippen LogP contribution >= 0.6 is 22.9 Å². The number of ether oxygens (including phenoxy) is 1. The van der Waals surface area contributed by atoms with Crippen LogP contribution in [0.15, 0.2) is 24.4 Å². The Balaban J connectivity index is 1.86. The zero-order valence-corrected chi connectivity index (χ0v) is 11.7. The van der Waals surface area contributed by atoms with Crippen molar-refractivity contribution >= 4 is 22.9 Å². The van der Waals surface area contributed by atoms with Gasteiger partial charge in [-0.25, -0.2) is 4.98 Å². The summed E-state index contributed by atoms with van der Waals surface area (Å²) in [4.78, 5) is 5.39. The fourth-order valence-corrected chi connectivity index (χ4v) is 2.42. The third kappa shape index (κ3) is 3.45. The summed E-state index contributed by atoms with van der Waals surface area (Å²) in [5, 5.41) is 1.82. The third-order valence-electron chi connectivity index (χ3n) is 2.52. The Labute approximate surface area is 116 Å². The molecule has 1 aromatic heterocycles. The van der Waals surface area contributed by atoms with E-state index in [4.69, 9.17) is 22.1 Å². The van der Waals surface area contributed by atoms with Crippen LogP contribution in [0.1, 0.15) is 15.4 Å². The van der Waals surface area contributed by atoms with Crippen LogP contribution in [0.5, 0.6) is 5.75 Å². The molecular weight excluding hydrogens is 268 g/mol. The van der Waals surface area contributed by atoms with E-state index in [0.29, 0.717) is 13.2 Å². The summed E-state index contributed by atoms with van der Waals surface area (Å²) < 4.78 is 5.67. The third-order valence-corrected chi connectivity index (χ3v) is 4.02. The normalized spacial score (nSPS) is 10.6. The van der Waals surface area contributed by atoms with Crippen LogP contribution in [0.3, 0.4) is 0 Å². The smallest absolute Gasteiger partial charge is 0.119 e. The van der Waals surface area contributed by atoms with E-state index in [9.17, 15) is 0 Å². The lowest BCUT2D eigenvalue weighted by Gasteiger charge is -2.06. The maximum atomic E-state index is 5.95. The van der Waals surface area contributed by atoms with Crippen LogP contribution < -0.4 is 10.5 Å². The van der Waals surface area contributed by atoms with E-state index in [1.807, 2.05) is 31.3 Å². The minimum Gasteiger partial charge on any atom is -0.493 e. The average molecular weight is 283 g/mol. The lowest BCUT2D eigenvalue weighted by molar-refractivity contribution is 0.321. The molecule has 1 aromatic carbocycles. The van der Waals surface area contributed by atoms with Crippen molar-refractivity contribution < 1.29 is 4.74 Å². The molecule has 0 aliphatic rings. The molecule has 0 unspecified atom stereocenters. The van der Waals surface area contributed by atoms with Crippen molar-refractivity contribution in [3.05, 3.63) is 44.9 Å². The number of thiazole rings is 1. The van der Waals surface area contributed by atoms with Crippen LogP contribution in [0.25, 0.3) is 0 Å². The summed E-state index contributed by atoms with van der Waals surface area (Å²) in [5.41, 5.74) is 6.56. The highest BCUT2D eigenvalue weighted by atomic mass is 35.5. The second-order valence-electron chi connectivity index (χ2n) is 3.93. The molecule has 2 rings (SSSR count). The lowest BCUT2D eigenvalue weighted by atomic mass is 10.2. The first-order chi connectivity index (χ1) is 8.69. The Hall–Kier alpha value is -1.10. The van der Waals surface area contributed by atoms with E-state index in [1.54, 1.807) is 11.3 Å². The summed E-state index contributed by atoms with van der Waals surface area (Å²) in [6, 6.07) is 5.67. The molecule has 0 amide bonds. The Morgan fingerprint density at radius 3 is 2.94 bits per heavy atom. The van der Waals surface area contributed by atoms with Crippen molar-refractivity contribution in [3.8, 4) is 5.75 Å². The number of nitrogens with zero attached hydrogens (tertiary/aromatic N) is 1. The van der Waals surface area contributed by atoms with Crippen LogP contribution in [-0.4, -0.2) is 11.6 Å². The van der Waals surface area contributed by atoms with Crippen molar-refractivity contribution in [2.45, 2.75) is 19.9 Å². The number of hydrogen-bond donors (Lipinski definition) is 1. The molecule has 0 fully saturated rings. The van der Waals surface area contributed by atoms with Crippen LogP contribution in [0, 0.1) is 6.92 Å². The van der Waals surface area contributed by atoms with Crippen LogP contribution in [0.4, 0.5) is 0 Å². The van der Waals surface area contributed by atoms with Gasteiger partial charge in [0, 0.05) is 29.1 Å². The lowest BCUT2D eigenvalue weighted by Crippen LogP contribution is -2.01. The van der Waals surface area contributed by atoms with Gasteiger partial charge in [-0.2, -0.15) is 0 Å². The molecule has 0 atom stereocenters. The van der Waals surface area contributed by atoms with Gasteiger partial charge in [0.25, 0.3) is 0 Å². The van der Waals surface area contributed by atoms with Crippen LogP contribution in [0.2, 0.25) is 5.02 Å². The molecule has 1 heterocycles. The molecule has 0 aliphatic carbocycles. The Morgan fingerprint density at radius 1 is 1.44 bits per heavy atom. The molecule has 96 valence electrons. The number of halogens is 1. The SMILES string of the molecule is Cc1cc(OCCc2ncc(CN)s2)ccc1Cl. The largest absolute Gasteiger partial charge is 0.493 e. The fraction of sp³-hybridized carbons (Fsp3) is 0.308. The van der Waals surface area contributed by atoms with Gasteiger partial charge in [0.2, 0.25) is 0 Å². The molecule has 0 radical (unpaired) electrons. The van der Waals surface area contributed by atoms with Gasteiger partial charge in [0.15, 0.2) is 0 Å². The van der Waals surface area contributed by atoms with Crippen molar-refractivity contribution in [2.75, 3.05) is 6.61 Å². The van der Waals surface area contributed by atoms with Gasteiger partial charge < -0.3 is 10.5 Å².